The first-order valence-corrected chi connectivity index (χ1v) is 6.89. The third-order valence-electron chi connectivity index (χ3n) is 3.02. The summed E-state index contributed by atoms with van der Waals surface area (Å²) >= 11 is 0. The van der Waals surface area contributed by atoms with Gasteiger partial charge in [0.25, 0.3) is 0 Å². The molecule has 0 aliphatic carbocycles. The quantitative estimate of drug-likeness (QED) is 0.526. The summed E-state index contributed by atoms with van der Waals surface area (Å²) in [7, 11) is 0. The van der Waals surface area contributed by atoms with E-state index in [1.54, 1.807) is 48.7 Å². The van der Waals surface area contributed by atoms with Gasteiger partial charge in [-0.15, -0.1) is 10.2 Å². The number of hydrogen-bond donors (Lipinski definition) is 0. The summed E-state index contributed by atoms with van der Waals surface area (Å²) in [5.74, 6) is 0.665. The average molecular weight is 321 g/mol. The number of hydrogen-bond acceptors (Lipinski definition) is 7. The number of carbonyl (C=O) groups excluding carboxylic acids is 1. The molecule has 0 amide bonds. The normalized spacial score (nSPS) is 10.6. The molecular weight excluding hydrogens is 310 g/mol. The van der Waals surface area contributed by atoms with E-state index in [1.165, 1.54) is 17.3 Å². The molecule has 8 nitrogen and oxygen atoms in total. The molecule has 8 heteroatoms. The molecule has 1 aromatic carbocycles. The molecule has 3 rings (SSSR count). The molecule has 0 fully saturated rings. The van der Waals surface area contributed by atoms with Crippen molar-refractivity contribution in [3.05, 3.63) is 60.4 Å². The second kappa shape index (κ2) is 7.02. The van der Waals surface area contributed by atoms with Crippen molar-refractivity contribution in [1.82, 2.24) is 14.9 Å². The fourth-order valence-electron chi connectivity index (χ4n) is 1.91. The second-order valence-electron chi connectivity index (χ2n) is 4.60. The van der Waals surface area contributed by atoms with Crippen molar-refractivity contribution in [2.45, 2.75) is 0 Å². The van der Waals surface area contributed by atoms with E-state index in [-0.39, 0.29) is 6.61 Å². The Balaban J connectivity index is 1.71. The van der Waals surface area contributed by atoms with Gasteiger partial charge >= 0.3 is 5.97 Å². The van der Waals surface area contributed by atoms with Crippen LogP contribution in [-0.2, 0) is 4.74 Å². The Bertz CT molecular complexity index is 889. The zero-order valence-corrected chi connectivity index (χ0v) is 12.4. The van der Waals surface area contributed by atoms with Gasteiger partial charge in [0, 0.05) is 5.56 Å². The minimum absolute atomic E-state index is 0.270. The molecule has 0 N–H and O–H groups in total. The Morgan fingerprint density at radius 3 is 2.71 bits per heavy atom. The maximum Gasteiger partial charge on any atom is 0.339 e. The predicted octanol–water partition coefficient (Wildman–Crippen LogP) is 2.10. The van der Waals surface area contributed by atoms with Crippen LogP contribution in [0.1, 0.15) is 16.1 Å². The smallest absolute Gasteiger partial charge is 0.339 e. The molecule has 24 heavy (non-hydrogen) atoms. The summed E-state index contributed by atoms with van der Waals surface area (Å²) in [6, 6.07) is 12.0. The molecule has 0 bridgehead atoms. The average Bonchev–Trinajstić information content (AvgIpc) is 3.29. The lowest BCUT2D eigenvalue weighted by Gasteiger charge is -2.01. The summed E-state index contributed by atoms with van der Waals surface area (Å²) in [6.45, 7) is -0.270. The van der Waals surface area contributed by atoms with E-state index < -0.39 is 5.97 Å². The Kier molecular flexibility index (Phi) is 4.44. The van der Waals surface area contributed by atoms with E-state index in [2.05, 4.69) is 15.3 Å². The number of furan rings is 1. The lowest BCUT2D eigenvalue weighted by atomic mass is 10.1. The lowest BCUT2D eigenvalue weighted by Crippen LogP contribution is -2.04. The lowest BCUT2D eigenvalue weighted by molar-refractivity contribution is 0.0555. The zero-order chi connectivity index (χ0) is 16.8. The van der Waals surface area contributed by atoms with Crippen LogP contribution in [0.15, 0.2) is 58.6 Å². The molecular formula is C16H11N5O3. The highest BCUT2D eigenvalue weighted by Crippen LogP contribution is 2.22. The molecule has 2 heterocycles. The second-order valence-corrected chi connectivity index (χ2v) is 4.60. The maximum absolute atomic E-state index is 11.6. The van der Waals surface area contributed by atoms with Crippen LogP contribution in [0.5, 0.6) is 0 Å². The molecule has 0 spiro atoms. The number of nitrogens with zero attached hydrogens (tertiary/aromatic N) is 5. The number of esters is 1. The van der Waals surface area contributed by atoms with Crippen molar-refractivity contribution in [3.8, 4) is 17.4 Å². The molecule has 0 aliphatic rings. The summed E-state index contributed by atoms with van der Waals surface area (Å²) in [4.78, 5) is 11.6. The van der Waals surface area contributed by atoms with Gasteiger partial charge in [-0.25, -0.2) is 9.47 Å². The van der Waals surface area contributed by atoms with Crippen LogP contribution in [0.3, 0.4) is 0 Å². The van der Waals surface area contributed by atoms with Crippen molar-refractivity contribution in [3.63, 3.8) is 0 Å². The van der Waals surface area contributed by atoms with Crippen LogP contribution in [0.2, 0.25) is 0 Å². The largest absolute Gasteiger partial charge is 0.455 e. The Hall–Kier alpha value is -3.73. The first-order valence-electron chi connectivity index (χ1n) is 6.89. The van der Waals surface area contributed by atoms with E-state index in [0.29, 0.717) is 17.1 Å². The van der Waals surface area contributed by atoms with Crippen LogP contribution >= 0.6 is 0 Å². The topological polar surface area (TPSA) is 106 Å². The highest BCUT2D eigenvalue weighted by atomic mass is 16.5. The van der Waals surface area contributed by atoms with Crippen molar-refractivity contribution < 1.29 is 13.9 Å². The number of benzene rings is 1. The maximum atomic E-state index is 11.6. The highest BCUT2D eigenvalue weighted by molar-refractivity contribution is 5.90. The van der Waals surface area contributed by atoms with E-state index in [0.717, 1.165) is 5.56 Å². The van der Waals surface area contributed by atoms with Gasteiger partial charge in [0.15, 0.2) is 6.61 Å². The minimum Gasteiger partial charge on any atom is -0.455 e. The van der Waals surface area contributed by atoms with Crippen LogP contribution in [0, 0.1) is 11.3 Å². The van der Waals surface area contributed by atoms with Gasteiger partial charge in [-0.3, -0.25) is 0 Å². The zero-order valence-electron chi connectivity index (χ0n) is 12.4. The summed E-state index contributed by atoms with van der Waals surface area (Å²) < 4.78 is 11.9. The molecule has 0 saturated carbocycles. The minimum atomic E-state index is -0.538. The molecule has 2 aromatic heterocycles. The van der Waals surface area contributed by atoms with Crippen LogP contribution in [-0.4, -0.2) is 33.7 Å². The van der Waals surface area contributed by atoms with E-state index >= 15 is 0 Å². The molecule has 118 valence electrons. The van der Waals surface area contributed by atoms with E-state index in [4.69, 9.17) is 14.4 Å². The predicted molar refractivity (Wildman–Crippen MR) is 83.1 cm³/mol. The van der Waals surface area contributed by atoms with Gasteiger partial charge in [0.1, 0.15) is 30.2 Å². The fourth-order valence-corrected chi connectivity index (χ4v) is 1.91. The standard InChI is InChI=1S/C16H11N5O3/c17-7-8-23-16(22)13-3-1-12(2-4-13)15-6-5-14(24-15)9-20-21-10-18-19-11-21/h1-6,9-11H,8H2. The first-order chi connectivity index (χ1) is 11.8. The molecule has 0 aliphatic heterocycles. The number of carbonyl (C=O) groups is 1. The molecule has 3 aromatic rings. The number of rotatable bonds is 5. The Morgan fingerprint density at radius 1 is 1.25 bits per heavy atom. The van der Waals surface area contributed by atoms with Crippen molar-refractivity contribution >= 4 is 12.2 Å². The SMILES string of the molecule is N#CCOC(=O)c1ccc(-c2ccc(C=Nn3cnnc3)o2)cc1. The summed E-state index contributed by atoms with van der Waals surface area (Å²) in [6.07, 6.45) is 4.47. The van der Waals surface area contributed by atoms with Crippen LogP contribution in [0.25, 0.3) is 11.3 Å². The van der Waals surface area contributed by atoms with Crippen molar-refractivity contribution in [2.24, 2.45) is 5.10 Å². The first kappa shape index (κ1) is 15.2. The summed E-state index contributed by atoms with van der Waals surface area (Å²) in [5, 5.41) is 19.8. The van der Waals surface area contributed by atoms with Crippen molar-refractivity contribution in [2.75, 3.05) is 6.61 Å². The van der Waals surface area contributed by atoms with E-state index in [9.17, 15) is 4.79 Å². The third kappa shape index (κ3) is 3.53. The number of ether oxygens (including phenoxy) is 1. The summed E-state index contributed by atoms with van der Waals surface area (Å²) in [5.41, 5.74) is 1.17. The molecule has 0 atom stereocenters. The fraction of sp³-hybridized carbons (Fsp3) is 0.0625. The Labute approximate surface area is 136 Å². The van der Waals surface area contributed by atoms with Gasteiger partial charge in [0.05, 0.1) is 11.8 Å². The van der Waals surface area contributed by atoms with Gasteiger partial charge in [0.2, 0.25) is 0 Å². The number of nitriles is 1. The Morgan fingerprint density at radius 2 is 2.00 bits per heavy atom. The van der Waals surface area contributed by atoms with Gasteiger partial charge in [-0.05, 0) is 24.3 Å². The van der Waals surface area contributed by atoms with E-state index in [1.807, 2.05) is 0 Å². The molecule has 0 unspecified atom stereocenters. The van der Waals surface area contributed by atoms with Crippen LogP contribution < -0.4 is 0 Å². The molecule has 0 saturated heterocycles. The van der Waals surface area contributed by atoms with Gasteiger partial charge < -0.3 is 9.15 Å². The highest BCUT2D eigenvalue weighted by Gasteiger charge is 2.08. The number of aromatic nitrogens is 3. The third-order valence-corrected chi connectivity index (χ3v) is 3.02. The monoisotopic (exact) mass is 321 g/mol. The van der Waals surface area contributed by atoms with Crippen molar-refractivity contribution in [1.29, 1.82) is 5.26 Å². The van der Waals surface area contributed by atoms with Gasteiger partial charge in [-0.1, -0.05) is 12.1 Å². The van der Waals surface area contributed by atoms with Crippen LogP contribution in [0.4, 0.5) is 0 Å². The van der Waals surface area contributed by atoms with Gasteiger partial charge in [-0.2, -0.15) is 10.4 Å². The molecule has 0 radical (unpaired) electrons.